The number of anilines is 1. The first kappa shape index (κ1) is 25.8. The van der Waals surface area contributed by atoms with E-state index in [0.717, 1.165) is 4.47 Å². The van der Waals surface area contributed by atoms with Gasteiger partial charge in [0.2, 0.25) is 0 Å². The van der Waals surface area contributed by atoms with Gasteiger partial charge in [0, 0.05) is 15.7 Å². The summed E-state index contributed by atoms with van der Waals surface area (Å²) in [6.45, 7) is 0. The minimum absolute atomic E-state index is 0.141. The van der Waals surface area contributed by atoms with E-state index in [0.29, 0.717) is 28.1 Å². The summed E-state index contributed by atoms with van der Waals surface area (Å²) in [6, 6.07) is 27.4. The second-order valence-electron chi connectivity index (χ2n) is 7.66. The number of halogens is 1. The first-order valence-electron chi connectivity index (χ1n) is 10.9. The van der Waals surface area contributed by atoms with Crippen molar-refractivity contribution in [2.24, 2.45) is 5.10 Å². The lowest BCUT2D eigenvalue weighted by Gasteiger charge is -2.08. The van der Waals surface area contributed by atoms with Gasteiger partial charge in [-0.25, -0.2) is 18.6 Å². The highest BCUT2D eigenvalue weighted by Crippen LogP contribution is 2.17. The molecule has 4 aromatic carbocycles. The van der Waals surface area contributed by atoms with E-state index in [1.807, 2.05) is 0 Å². The van der Waals surface area contributed by atoms with Crippen molar-refractivity contribution in [2.45, 2.75) is 4.90 Å². The van der Waals surface area contributed by atoms with Crippen molar-refractivity contribution in [1.82, 2.24) is 5.43 Å². The summed E-state index contributed by atoms with van der Waals surface area (Å²) >= 11 is 3.32. The van der Waals surface area contributed by atoms with Gasteiger partial charge >= 0.3 is 5.97 Å². The number of carbonyl (C=O) groups excluding carboxylic acids is 2. The predicted octanol–water partition coefficient (Wildman–Crippen LogP) is 5.23. The number of nitrogens with zero attached hydrogens (tertiary/aromatic N) is 1. The van der Waals surface area contributed by atoms with Crippen LogP contribution in [0.25, 0.3) is 0 Å². The van der Waals surface area contributed by atoms with E-state index in [4.69, 9.17) is 4.74 Å². The summed E-state index contributed by atoms with van der Waals surface area (Å²) in [5.41, 5.74) is 4.15. The fourth-order valence-electron chi connectivity index (χ4n) is 3.11. The molecule has 0 aromatic heterocycles. The lowest BCUT2D eigenvalue weighted by atomic mass is 10.2. The van der Waals surface area contributed by atoms with Gasteiger partial charge in [0.15, 0.2) is 0 Å². The molecule has 4 aromatic rings. The van der Waals surface area contributed by atoms with E-state index < -0.39 is 21.9 Å². The van der Waals surface area contributed by atoms with E-state index in [2.05, 4.69) is 31.2 Å². The molecule has 0 saturated heterocycles. The Morgan fingerprint density at radius 3 is 2.05 bits per heavy atom. The summed E-state index contributed by atoms with van der Waals surface area (Å²) in [6.07, 6.45) is 1.45. The van der Waals surface area contributed by atoms with Crippen LogP contribution < -0.4 is 14.9 Å². The van der Waals surface area contributed by atoms with Crippen molar-refractivity contribution in [3.63, 3.8) is 0 Å². The van der Waals surface area contributed by atoms with Crippen LogP contribution in [0.2, 0.25) is 0 Å². The van der Waals surface area contributed by atoms with Crippen molar-refractivity contribution in [3.8, 4) is 5.75 Å². The topological polar surface area (TPSA) is 114 Å². The molecule has 0 bridgehead atoms. The second kappa shape index (κ2) is 11.6. The Balaban J connectivity index is 1.30. The summed E-state index contributed by atoms with van der Waals surface area (Å²) in [5, 5.41) is 3.94. The van der Waals surface area contributed by atoms with Crippen molar-refractivity contribution in [2.75, 3.05) is 4.72 Å². The molecule has 0 aliphatic rings. The quantitative estimate of drug-likeness (QED) is 0.129. The van der Waals surface area contributed by atoms with Crippen LogP contribution in [0.1, 0.15) is 26.3 Å². The number of rotatable bonds is 8. The van der Waals surface area contributed by atoms with Gasteiger partial charge in [-0.05, 0) is 90.5 Å². The minimum atomic E-state index is -3.72. The van der Waals surface area contributed by atoms with E-state index >= 15 is 0 Å². The number of benzene rings is 4. The minimum Gasteiger partial charge on any atom is -0.423 e. The van der Waals surface area contributed by atoms with E-state index in [9.17, 15) is 18.0 Å². The number of hydrogen-bond acceptors (Lipinski definition) is 6. The Morgan fingerprint density at radius 2 is 1.41 bits per heavy atom. The van der Waals surface area contributed by atoms with Crippen molar-refractivity contribution in [1.29, 1.82) is 0 Å². The molecule has 8 nitrogen and oxygen atoms in total. The standard InChI is InChI=1S/C27H20BrN3O5S/c28-22-12-8-21(9-13-22)27(33)36-24-16-6-19(7-17-24)18-29-30-26(32)20-10-14-23(15-11-20)31-37(34,35)25-4-2-1-3-5-25/h1-18,31H,(H,30,32). The van der Waals surface area contributed by atoms with Gasteiger partial charge in [-0.2, -0.15) is 5.10 Å². The average Bonchev–Trinajstić information content (AvgIpc) is 2.90. The molecule has 0 fully saturated rings. The first-order chi connectivity index (χ1) is 17.8. The van der Waals surface area contributed by atoms with Crippen molar-refractivity contribution < 1.29 is 22.7 Å². The molecule has 37 heavy (non-hydrogen) atoms. The highest BCUT2D eigenvalue weighted by molar-refractivity contribution is 9.10. The zero-order chi connectivity index (χ0) is 26.3. The van der Waals surface area contributed by atoms with Crippen LogP contribution in [0.3, 0.4) is 0 Å². The summed E-state index contributed by atoms with van der Waals surface area (Å²) in [7, 11) is -3.72. The Kier molecular flexibility index (Phi) is 8.11. The molecule has 0 saturated carbocycles. The zero-order valence-corrected chi connectivity index (χ0v) is 21.6. The van der Waals surface area contributed by atoms with Crippen molar-refractivity contribution in [3.05, 3.63) is 124 Å². The average molecular weight is 578 g/mol. The third-order valence-electron chi connectivity index (χ3n) is 5.00. The number of ether oxygens (including phenoxy) is 1. The number of hydrazone groups is 1. The number of carbonyl (C=O) groups is 2. The van der Waals surface area contributed by atoms with Crippen LogP contribution in [0.15, 0.2) is 118 Å². The smallest absolute Gasteiger partial charge is 0.343 e. The third-order valence-corrected chi connectivity index (χ3v) is 6.93. The van der Waals surface area contributed by atoms with E-state index in [1.54, 1.807) is 66.7 Å². The number of amides is 1. The molecule has 0 spiro atoms. The maximum atomic E-state index is 12.4. The Labute approximate surface area is 222 Å². The zero-order valence-electron chi connectivity index (χ0n) is 19.2. The molecule has 186 valence electrons. The number of nitrogens with one attached hydrogen (secondary N) is 2. The molecular weight excluding hydrogens is 558 g/mol. The highest BCUT2D eigenvalue weighted by atomic mass is 79.9. The fourth-order valence-corrected chi connectivity index (χ4v) is 4.45. The van der Waals surface area contributed by atoms with Gasteiger partial charge in [0.25, 0.3) is 15.9 Å². The molecule has 0 heterocycles. The monoisotopic (exact) mass is 577 g/mol. The lowest BCUT2D eigenvalue weighted by molar-refractivity contribution is 0.0734. The van der Waals surface area contributed by atoms with Crippen LogP contribution in [0.5, 0.6) is 5.75 Å². The van der Waals surface area contributed by atoms with Crippen molar-refractivity contribution >= 4 is 49.7 Å². The molecule has 10 heteroatoms. The van der Waals surface area contributed by atoms with Gasteiger partial charge in [-0.15, -0.1) is 0 Å². The first-order valence-corrected chi connectivity index (χ1v) is 13.2. The summed E-state index contributed by atoms with van der Waals surface area (Å²) in [5.74, 6) is -0.564. The van der Waals surface area contributed by atoms with E-state index in [-0.39, 0.29) is 4.90 Å². The number of hydrogen-bond donors (Lipinski definition) is 2. The van der Waals surface area contributed by atoms with Gasteiger partial charge in [0.05, 0.1) is 16.7 Å². The molecule has 0 unspecified atom stereocenters. The maximum Gasteiger partial charge on any atom is 0.343 e. The van der Waals surface area contributed by atoms with Gasteiger partial charge in [-0.1, -0.05) is 34.1 Å². The fraction of sp³-hybridized carbons (Fsp3) is 0. The summed E-state index contributed by atoms with van der Waals surface area (Å²) in [4.78, 5) is 24.7. The highest BCUT2D eigenvalue weighted by Gasteiger charge is 2.14. The molecule has 2 N–H and O–H groups in total. The van der Waals surface area contributed by atoms with Crippen LogP contribution in [-0.2, 0) is 10.0 Å². The second-order valence-corrected chi connectivity index (χ2v) is 10.3. The normalized spacial score (nSPS) is 11.2. The van der Waals surface area contributed by atoms with Gasteiger partial charge in [0.1, 0.15) is 5.75 Å². The molecular formula is C27H20BrN3O5S. The lowest BCUT2D eigenvalue weighted by Crippen LogP contribution is -2.18. The third kappa shape index (κ3) is 7.12. The molecule has 0 aliphatic carbocycles. The molecule has 0 atom stereocenters. The Bertz CT molecular complexity index is 1520. The Hall–Kier alpha value is -4.28. The number of esters is 1. The summed E-state index contributed by atoms with van der Waals surface area (Å²) < 4.78 is 33.5. The van der Waals surface area contributed by atoms with E-state index in [1.165, 1.54) is 42.6 Å². The van der Waals surface area contributed by atoms with Crippen LogP contribution in [0.4, 0.5) is 5.69 Å². The Morgan fingerprint density at radius 1 is 0.784 bits per heavy atom. The molecule has 4 rings (SSSR count). The predicted molar refractivity (Wildman–Crippen MR) is 144 cm³/mol. The van der Waals surface area contributed by atoms with Crippen LogP contribution in [-0.4, -0.2) is 26.5 Å². The van der Waals surface area contributed by atoms with Gasteiger partial charge in [-0.3, -0.25) is 9.52 Å². The number of sulfonamides is 1. The molecule has 0 aliphatic heterocycles. The maximum absolute atomic E-state index is 12.4. The SMILES string of the molecule is O=C(NN=Cc1ccc(OC(=O)c2ccc(Br)cc2)cc1)c1ccc(NS(=O)(=O)c2ccccc2)cc1. The molecule has 0 radical (unpaired) electrons. The van der Waals surface area contributed by atoms with Crippen LogP contribution in [0, 0.1) is 0 Å². The van der Waals surface area contributed by atoms with Crippen LogP contribution >= 0.6 is 15.9 Å². The molecule has 1 amide bonds. The largest absolute Gasteiger partial charge is 0.423 e. The van der Waals surface area contributed by atoms with Gasteiger partial charge < -0.3 is 4.74 Å².